The van der Waals surface area contributed by atoms with Crippen LogP contribution in [0.25, 0.3) is 0 Å². The minimum Gasteiger partial charge on any atom is -0.396 e. The predicted molar refractivity (Wildman–Crippen MR) is 42.9 cm³/mol. The summed E-state index contributed by atoms with van der Waals surface area (Å²) in [6, 6.07) is 0. The summed E-state index contributed by atoms with van der Waals surface area (Å²) in [6.45, 7) is 4.43. The summed E-state index contributed by atoms with van der Waals surface area (Å²) in [5.41, 5.74) is 6.11. The van der Waals surface area contributed by atoms with Gasteiger partial charge in [0.15, 0.2) is 0 Å². The van der Waals surface area contributed by atoms with Crippen molar-refractivity contribution in [2.24, 2.45) is 0 Å². The highest BCUT2D eigenvalue weighted by Gasteiger charge is 1.95. The maximum Gasteiger partial charge on any atom is 0.139 e. The molecule has 0 atom stereocenters. The number of aromatic nitrogens is 2. The van der Waals surface area contributed by atoms with Gasteiger partial charge >= 0.3 is 0 Å². The third-order valence-electron chi connectivity index (χ3n) is 1.19. The van der Waals surface area contributed by atoms with E-state index in [-0.39, 0.29) is 6.10 Å². The highest BCUT2D eigenvalue weighted by molar-refractivity contribution is 5.30. The molecule has 0 bridgehead atoms. The smallest absolute Gasteiger partial charge is 0.139 e. The standard InChI is InChI=1S/C7H13N3O/c1-6(2)11-5-10-4-7(8)3-9-10/h3-4,6H,5,8H2,1-2H3. The van der Waals surface area contributed by atoms with Crippen molar-refractivity contribution >= 4 is 5.69 Å². The number of anilines is 1. The Hall–Kier alpha value is -1.03. The van der Waals surface area contributed by atoms with Gasteiger partial charge in [0, 0.05) is 0 Å². The van der Waals surface area contributed by atoms with Crippen LogP contribution in [-0.4, -0.2) is 15.9 Å². The van der Waals surface area contributed by atoms with Gasteiger partial charge in [0.05, 0.1) is 24.2 Å². The van der Waals surface area contributed by atoms with Crippen LogP contribution in [0.3, 0.4) is 0 Å². The molecule has 1 rings (SSSR count). The van der Waals surface area contributed by atoms with Crippen LogP contribution in [-0.2, 0) is 11.5 Å². The Morgan fingerprint density at radius 2 is 2.45 bits per heavy atom. The number of hydrogen-bond donors (Lipinski definition) is 1. The number of nitrogens with two attached hydrogens (primary N) is 1. The molecule has 0 fully saturated rings. The fraction of sp³-hybridized carbons (Fsp3) is 0.571. The van der Waals surface area contributed by atoms with Crippen molar-refractivity contribution in [3.8, 4) is 0 Å². The van der Waals surface area contributed by atoms with Gasteiger partial charge in [0.2, 0.25) is 0 Å². The molecule has 2 N–H and O–H groups in total. The molecular weight excluding hydrogens is 142 g/mol. The van der Waals surface area contributed by atoms with Crippen molar-refractivity contribution in [3.63, 3.8) is 0 Å². The molecule has 0 saturated heterocycles. The highest BCUT2D eigenvalue weighted by atomic mass is 16.5. The Morgan fingerprint density at radius 3 is 2.91 bits per heavy atom. The fourth-order valence-corrected chi connectivity index (χ4v) is 0.676. The molecule has 0 aliphatic rings. The summed E-state index contributed by atoms with van der Waals surface area (Å²) in [4.78, 5) is 0. The molecule has 0 amide bonds. The van der Waals surface area contributed by atoms with Crippen LogP contribution in [0.4, 0.5) is 5.69 Å². The second-order valence-electron chi connectivity index (χ2n) is 2.66. The summed E-state index contributed by atoms with van der Waals surface area (Å²) >= 11 is 0. The van der Waals surface area contributed by atoms with Gasteiger partial charge < -0.3 is 10.5 Å². The van der Waals surface area contributed by atoms with Gasteiger partial charge in [-0.2, -0.15) is 5.10 Å². The van der Waals surface area contributed by atoms with Crippen molar-refractivity contribution in [2.45, 2.75) is 26.7 Å². The maximum atomic E-state index is 5.45. The molecule has 62 valence electrons. The molecule has 0 radical (unpaired) electrons. The van der Waals surface area contributed by atoms with E-state index in [1.807, 2.05) is 13.8 Å². The van der Waals surface area contributed by atoms with Gasteiger partial charge in [-0.25, -0.2) is 4.68 Å². The molecule has 0 saturated carbocycles. The Bertz CT molecular complexity index is 219. The normalized spacial score (nSPS) is 10.8. The molecule has 0 spiro atoms. The van der Waals surface area contributed by atoms with Gasteiger partial charge in [-0.05, 0) is 13.8 Å². The molecule has 4 heteroatoms. The molecule has 1 aromatic rings. The monoisotopic (exact) mass is 155 g/mol. The van der Waals surface area contributed by atoms with E-state index in [4.69, 9.17) is 10.5 Å². The summed E-state index contributed by atoms with van der Waals surface area (Å²) in [7, 11) is 0. The quantitative estimate of drug-likeness (QED) is 0.704. The van der Waals surface area contributed by atoms with Crippen LogP contribution >= 0.6 is 0 Å². The second kappa shape index (κ2) is 3.39. The first-order valence-electron chi connectivity index (χ1n) is 3.58. The Kier molecular flexibility index (Phi) is 2.48. The molecule has 0 unspecified atom stereocenters. The van der Waals surface area contributed by atoms with E-state index in [2.05, 4.69) is 5.10 Å². The summed E-state index contributed by atoms with van der Waals surface area (Å²) in [5, 5.41) is 3.95. The predicted octanol–water partition coefficient (Wildman–Crippen LogP) is 0.848. The molecule has 0 aliphatic heterocycles. The van der Waals surface area contributed by atoms with E-state index in [0.717, 1.165) is 0 Å². The van der Waals surface area contributed by atoms with Crippen LogP contribution in [0, 0.1) is 0 Å². The lowest BCUT2D eigenvalue weighted by Crippen LogP contribution is -2.08. The van der Waals surface area contributed by atoms with Crippen molar-refractivity contribution in [1.29, 1.82) is 0 Å². The Morgan fingerprint density at radius 1 is 1.73 bits per heavy atom. The van der Waals surface area contributed by atoms with E-state index in [0.29, 0.717) is 12.4 Å². The SMILES string of the molecule is CC(C)OCn1cc(N)cn1. The molecule has 0 aromatic carbocycles. The van der Waals surface area contributed by atoms with E-state index in [1.165, 1.54) is 0 Å². The van der Waals surface area contributed by atoms with E-state index in [9.17, 15) is 0 Å². The van der Waals surface area contributed by atoms with Gasteiger partial charge in [-0.1, -0.05) is 0 Å². The number of ether oxygens (including phenoxy) is 1. The lowest BCUT2D eigenvalue weighted by Gasteiger charge is -2.06. The van der Waals surface area contributed by atoms with E-state index >= 15 is 0 Å². The van der Waals surface area contributed by atoms with Crippen molar-refractivity contribution < 1.29 is 4.74 Å². The van der Waals surface area contributed by atoms with Crippen LogP contribution in [0.2, 0.25) is 0 Å². The lowest BCUT2D eigenvalue weighted by molar-refractivity contribution is 0.0221. The van der Waals surface area contributed by atoms with Gasteiger partial charge in [0.25, 0.3) is 0 Å². The minimum absolute atomic E-state index is 0.223. The number of hydrogen-bond acceptors (Lipinski definition) is 3. The van der Waals surface area contributed by atoms with Crippen LogP contribution < -0.4 is 5.73 Å². The van der Waals surface area contributed by atoms with Crippen molar-refractivity contribution in [1.82, 2.24) is 9.78 Å². The average Bonchev–Trinajstić information content (AvgIpc) is 2.31. The molecular formula is C7H13N3O. The lowest BCUT2D eigenvalue weighted by atomic mass is 10.5. The Labute approximate surface area is 66.0 Å². The van der Waals surface area contributed by atoms with Crippen LogP contribution in [0.5, 0.6) is 0 Å². The third-order valence-corrected chi connectivity index (χ3v) is 1.19. The second-order valence-corrected chi connectivity index (χ2v) is 2.66. The largest absolute Gasteiger partial charge is 0.396 e. The van der Waals surface area contributed by atoms with Gasteiger partial charge in [-0.15, -0.1) is 0 Å². The number of nitrogens with zero attached hydrogens (tertiary/aromatic N) is 2. The van der Waals surface area contributed by atoms with Crippen LogP contribution in [0.15, 0.2) is 12.4 Å². The van der Waals surface area contributed by atoms with Crippen molar-refractivity contribution in [2.75, 3.05) is 5.73 Å². The fourth-order valence-electron chi connectivity index (χ4n) is 0.676. The topological polar surface area (TPSA) is 53.1 Å². The molecule has 4 nitrogen and oxygen atoms in total. The zero-order chi connectivity index (χ0) is 8.27. The maximum absolute atomic E-state index is 5.45. The number of rotatable bonds is 3. The Balaban J connectivity index is 2.39. The van der Waals surface area contributed by atoms with E-state index in [1.54, 1.807) is 17.1 Å². The first-order valence-corrected chi connectivity index (χ1v) is 3.58. The first-order chi connectivity index (χ1) is 5.18. The zero-order valence-corrected chi connectivity index (χ0v) is 6.82. The zero-order valence-electron chi connectivity index (χ0n) is 6.82. The van der Waals surface area contributed by atoms with Crippen LogP contribution in [0.1, 0.15) is 13.8 Å². The molecule has 11 heavy (non-hydrogen) atoms. The summed E-state index contributed by atoms with van der Waals surface area (Å²) in [5.74, 6) is 0. The third kappa shape index (κ3) is 2.59. The number of nitrogen functional groups attached to an aromatic ring is 1. The summed E-state index contributed by atoms with van der Waals surface area (Å²) < 4.78 is 6.95. The average molecular weight is 155 g/mol. The molecule has 1 heterocycles. The molecule has 0 aliphatic carbocycles. The van der Waals surface area contributed by atoms with Gasteiger partial charge in [0.1, 0.15) is 6.73 Å². The van der Waals surface area contributed by atoms with E-state index < -0.39 is 0 Å². The summed E-state index contributed by atoms with van der Waals surface area (Å²) in [6.07, 6.45) is 3.56. The molecule has 1 aromatic heterocycles. The highest BCUT2D eigenvalue weighted by Crippen LogP contribution is 1.98. The first kappa shape index (κ1) is 8.07. The van der Waals surface area contributed by atoms with Gasteiger partial charge in [-0.3, -0.25) is 0 Å². The minimum atomic E-state index is 0.223. The van der Waals surface area contributed by atoms with Crippen molar-refractivity contribution in [3.05, 3.63) is 12.4 Å².